The Morgan fingerprint density at radius 1 is 1.16 bits per heavy atom. The summed E-state index contributed by atoms with van der Waals surface area (Å²) in [5, 5.41) is 0. The Bertz CT molecular complexity index is 923. The minimum absolute atomic E-state index is 0.0115. The van der Waals surface area contributed by atoms with Crippen molar-refractivity contribution in [3.63, 3.8) is 0 Å². The summed E-state index contributed by atoms with van der Waals surface area (Å²) < 4.78 is 5.73. The number of anilines is 1. The van der Waals surface area contributed by atoms with Gasteiger partial charge in [-0.15, -0.1) is 0 Å². The van der Waals surface area contributed by atoms with Crippen molar-refractivity contribution in [2.24, 2.45) is 0 Å². The Morgan fingerprint density at radius 2 is 1.88 bits per heavy atom. The van der Waals surface area contributed by atoms with Crippen molar-refractivity contribution >= 4 is 17.8 Å². The standard InChI is InChI=1S/C26H35N3O3/c1-6-19(2)29(25(31)32-26(3,4)5)23-21(15-12-17-27-23)22-16-10-11-18-28(22)24(30)20-13-8-7-9-14-20/h7-9,12-15,17,19,22H,6,10-11,16,18H2,1-5H3/t19-,22-/m0/s1. The molecule has 0 radical (unpaired) electrons. The summed E-state index contributed by atoms with van der Waals surface area (Å²) in [6.45, 7) is 10.3. The second-order valence-corrected chi connectivity index (χ2v) is 9.40. The van der Waals surface area contributed by atoms with Crippen molar-refractivity contribution in [2.75, 3.05) is 11.4 Å². The van der Waals surface area contributed by atoms with Gasteiger partial charge in [-0.2, -0.15) is 0 Å². The molecule has 0 spiro atoms. The lowest BCUT2D eigenvalue weighted by Gasteiger charge is -2.39. The molecule has 0 unspecified atom stereocenters. The molecule has 0 N–H and O–H groups in total. The fourth-order valence-corrected chi connectivity index (χ4v) is 4.08. The van der Waals surface area contributed by atoms with Crippen molar-refractivity contribution in [2.45, 2.75) is 78.0 Å². The van der Waals surface area contributed by atoms with Crippen LogP contribution in [0, 0.1) is 0 Å². The molecule has 0 aliphatic carbocycles. The molecule has 2 atom stereocenters. The summed E-state index contributed by atoms with van der Waals surface area (Å²) in [5.41, 5.74) is 0.955. The second kappa shape index (κ2) is 10.2. The monoisotopic (exact) mass is 437 g/mol. The van der Waals surface area contributed by atoms with Crippen LogP contribution in [0.2, 0.25) is 0 Å². The molecule has 0 saturated carbocycles. The number of aromatic nitrogens is 1. The summed E-state index contributed by atoms with van der Waals surface area (Å²) in [6, 6.07) is 13.0. The van der Waals surface area contributed by atoms with E-state index in [4.69, 9.17) is 4.74 Å². The molecule has 0 bridgehead atoms. The molecule has 3 rings (SSSR count). The molecule has 1 fully saturated rings. The van der Waals surface area contributed by atoms with E-state index in [1.807, 2.05) is 82.0 Å². The highest BCUT2D eigenvalue weighted by Crippen LogP contribution is 2.37. The van der Waals surface area contributed by atoms with E-state index < -0.39 is 11.7 Å². The smallest absolute Gasteiger partial charge is 0.416 e. The highest BCUT2D eigenvalue weighted by Gasteiger charge is 2.35. The van der Waals surface area contributed by atoms with E-state index in [-0.39, 0.29) is 18.0 Å². The van der Waals surface area contributed by atoms with Crippen LogP contribution in [0.5, 0.6) is 0 Å². The molecule has 1 aromatic carbocycles. The van der Waals surface area contributed by atoms with E-state index in [2.05, 4.69) is 4.98 Å². The van der Waals surface area contributed by atoms with Crippen LogP contribution in [-0.2, 0) is 4.74 Å². The summed E-state index contributed by atoms with van der Waals surface area (Å²) in [7, 11) is 0. The van der Waals surface area contributed by atoms with Crippen LogP contribution in [0.3, 0.4) is 0 Å². The van der Waals surface area contributed by atoms with Crippen molar-refractivity contribution in [3.8, 4) is 0 Å². The lowest BCUT2D eigenvalue weighted by Crippen LogP contribution is -2.44. The van der Waals surface area contributed by atoms with E-state index in [9.17, 15) is 9.59 Å². The maximum absolute atomic E-state index is 13.4. The van der Waals surface area contributed by atoms with Crippen molar-refractivity contribution in [1.29, 1.82) is 0 Å². The first kappa shape index (κ1) is 23.8. The number of amides is 2. The van der Waals surface area contributed by atoms with Crippen LogP contribution in [0.25, 0.3) is 0 Å². The van der Waals surface area contributed by atoms with Crippen LogP contribution in [0.15, 0.2) is 48.7 Å². The summed E-state index contributed by atoms with van der Waals surface area (Å²) in [5.74, 6) is 0.589. The number of nitrogens with zero attached hydrogens (tertiary/aromatic N) is 3. The molecule has 1 saturated heterocycles. The zero-order chi connectivity index (χ0) is 23.3. The topological polar surface area (TPSA) is 62.7 Å². The predicted octanol–water partition coefficient (Wildman–Crippen LogP) is 5.99. The maximum atomic E-state index is 13.4. The van der Waals surface area contributed by atoms with Crippen LogP contribution in [0.4, 0.5) is 10.6 Å². The van der Waals surface area contributed by atoms with Gasteiger partial charge < -0.3 is 9.64 Å². The average Bonchev–Trinajstić information content (AvgIpc) is 2.78. The van der Waals surface area contributed by atoms with E-state index >= 15 is 0 Å². The summed E-state index contributed by atoms with van der Waals surface area (Å²) >= 11 is 0. The number of piperidine rings is 1. The zero-order valence-electron chi connectivity index (χ0n) is 19.9. The molecular weight excluding hydrogens is 402 g/mol. The van der Waals surface area contributed by atoms with E-state index in [0.717, 1.165) is 31.2 Å². The van der Waals surface area contributed by atoms with Gasteiger partial charge in [0.1, 0.15) is 11.4 Å². The normalized spacial score (nSPS) is 17.5. The number of hydrogen-bond acceptors (Lipinski definition) is 4. The molecule has 2 amide bonds. The van der Waals surface area contributed by atoms with E-state index in [1.165, 1.54) is 0 Å². The van der Waals surface area contributed by atoms with Gasteiger partial charge in [0.15, 0.2) is 0 Å². The molecule has 2 heterocycles. The highest BCUT2D eigenvalue weighted by atomic mass is 16.6. The van der Waals surface area contributed by atoms with Crippen molar-refractivity contribution in [3.05, 3.63) is 59.8 Å². The Kier molecular flexibility index (Phi) is 7.54. The fourth-order valence-electron chi connectivity index (χ4n) is 4.08. The average molecular weight is 438 g/mol. The molecule has 32 heavy (non-hydrogen) atoms. The third-order valence-corrected chi connectivity index (χ3v) is 5.81. The van der Waals surface area contributed by atoms with Gasteiger partial charge in [0.05, 0.1) is 6.04 Å². The fraction of sp³-hybridized carbons (Fsp3) is 0.500. The van der Waals surface area contributed by atoms with Gasteiger partial charge in [0, 0.05) is 29.9 Å². The number of carbonyl (C=O) groups excluding carboxylic acids is 2. The number of likely N-dealkylation sites (tertiary alicyclic amines) is 1. The molecule has 1 aliphatic rings. The van der Waals surface area contributed by atoms with Gasteiger partial charge in [-0.05, 0) is 71.6 Å². The minimum Gasteiger partial charge on any atom is -0.443 e. The first-order chi connectivity index (χ1) is 15.2. The SMILES string of the molecule is CC[C@H](C)N(C(=O)OC(C)(C)C)c1ncccc1[C@@H]1CCCCN1C(=O)c1ccccc1. The van der Waals surface area contributed by atoms with Gasteiger partial charge in [-0.3, -0.25) is 9.69 Å². The Hall–Kier alpha value is -2.89. The van der Waals surface area contributed by atoms with Crippen LogP contribution >= 0.6 is 0 Å². The lowest BCUT2D eigenvalue weighted by molar-refractivity contribution is 0.0564. The number of benzene rings is 1. The largest absolute Gasteiger partial charge is 0.443 e. The molecule has 1 aromatic heterocycles. The first-order valence-corrected chi connectivity index (χ1v) is 11.6. The molecule has 1 aliphatic heterocycles. The molecule has 172 valence electrons. The van der Waals surface area contributed by atoms with Gasteiger partial charge in [-0.25, -0.2) is 9.78 Å². The maximum Gasteiger partial charge on any atom is 0.416 e. The Morgan fingerprint density at radius 3 is 2.53 bits per heavy atom. The first-order valence-electron chi connectivity index (χ1n) is 11.6. The molecule has 6 nitrogen and oxygen atoms in total. The molecule has 6 heteroatoms. The lowest BCUT2D eigenvalue weighted by atomic mass is 9.94. The molecular formula is C26H35N3O3. The second-order valence-electron chi connectivity index (χ2n) is 9.40. The Balaban J connectivity index is 2.02. The quantitative estimate of drug-likeness (QED) is 0.576. The van der Waals surface area contributed by atoms with Crippen molar-refractivity contribution < 1.29 is 14.3 Å². The number of pyridine rings is 1. The van der Waals surface area contributed by atoms with E-state index in [1.54, 1.807) is 11.1 Å². The minimum atomic E-state index is -0.613. The Labute approximate surface area is 191 Å². The zero-order valence-corrected chi connectivity index (χ0v) is 19.9. The van der Waals surface area contributed by atoms with E-state index in [0.29, 0.717) is 17.9 Å². The number of carbonyl (C=O) groups is 2. The van der Waals surface area contributed by atoms with Crippen molar-refractivity contribution in [1.82, 2.24) is 9.88 Å². The van der Waals surface area contributed by atoms with Gasteiger partial charge >= 0.3 is 6.09 Å². The molecule has 2 aromatic rings. The third-order valence-electron chi connectivity index (χ3n) is 5.81. The summed E-state index contributed by atoms with van der Waals surface area (Å²) in [4.78, 5) is 34.8. The third kappa shape index (κ3) is 5.47. The van der Waals surface area contributed by atoms with Crippen LogP contribution in [-0.4, -0.2) is 40.1 Å². The van der Waals surface area contributed by atoms with Gasteiger partial charge in [0.25, 0.3) is 5.91 Å². The summed E-state index contributed by atoms with van der Waals surface area (Å²) in [6.07, 6.45) is 4.86. The highest BCUT2D eigenvalue weighted by molar-refractivity contribution is 5.95. The van der Waals surface area contributed by atoms with Gasteiger partial charge in [0.2, 0.25) is 0 Å². The number of rotatable bonds is 5. The number of ether oxygens (including phenoxy) is 1. The van der Waals surface area contributed by atoms with Gasteiger partial charge in [-0.1, -0.05) is 31.2 Å². The number of hydrogen-bond donors (Lipinski definition) is 0. The van der Waals surface area contributed by atoms with Crippen LogP contribution in [0.1, 0.15) is 82.3 Å². The predicted molar refractivity (Wildman–Crippen MR) is 127 cm³/mol. The van der Waals surface area contributed by atoms with Crippen LogP contribution < -0.4 is 4.90 Å².